The normalized spacial score (nSPS) is 16.9. The van der Waals surface area contributed by atoms with Crippen LogP contribution >= 0.6 is 24.8 Å². The summed E-state index contributed by atoms with van der Waals surface area (Å²) in [5.41, 5.74) is 1.41. The number of carbonyl (C=O) groups is 1. The van der Waals surface area contributed by atoms with E-state index in [2.05, 4.69) is 10.3 Å². The van der Waals surface area contributed by atoms with Gasteiger partial charge in [0.1, 0.15) is 5.82 Å². The zero-order valence-corrected chi connectivity index (χ0v) is 13.9. The maximum atomic E-state index is 13.4. The molecule has 1 aliphatic rings. The van der Waals surface area contributed by atoms with Crippen LogP contribution in [0.15, 0.2) is 48.8 Å². The van der Waals surface area contributed by atoms with Crippen LogP contribution < -0.4 is 5.32 Å². The number of nitrogens with zero attached hydrogens (tertiary/aromatic N) is 2. The Bertz CT molecular complexity index is 642. The molecule has 1 unspecified atom stereocenters. The van der Waals surface area contributed by atoms with Gasteiger partial charge in [-0.25, -0.2) is 4.39 Å². The van der Waals surface area contributed by atoms with Gasteiger partial charge in [0, 0.05) is 37.6 Å². The maximum Gasteiger partial charge on any atom is 0.254 e. The fraction of sp³-hybridized carbons (Fsp3) is 0.250. The minimum atomic E-state index is -0.283. The van der Waals surface area contributed by atoms with Crippen molar-refractivity contribution in [3.8, 4) is 0 Å². The molecular formula is C16H18Cl2FN3O. The topological polar surface area (TPSA) is 45.2 Å². The predicted octanol–water partition coefficient (Wildman–Crippen LogP) is 2.85. The SMILES string of the molecule is Cl.Cl.O=C(c1ccncc1)N1CCNCC1c1cccc(F)c1. The zero-order chi connectivity index (χ0) is 14.7. The number of piperazine rings is 1. The van der Waals surface area contributed by atoms with Gasteiger partial charge in [0.05, 0.1) is 6.04 Å². The molecule has 0 bridgehead atoms. The number of hydrogen-bond donors (Lipinski definition) is 1. The van der Waals surface area contributed by atoms with Gasteiger partial charge >= 0.3 is 0 Å². The number of halogens is 3. The molecular weight excluding hydrogens is 340 g/mol. The summed E-state index contributed by atoms with van der Waals surface area (Å²) in [7, 11) is 0. The number of benzene rings is 1. The lowest BCUT2D eigenvalue weighted by Gasteiger charge is -2.36. The summed E-state index contributed by atoms with van der Waals surface area (Å²) in [6.45, 7) is 1.96. The predicted molar refractivity (Wildman–Crippen MR) is 91.8 cm³/mol. The van der Waals surface area contributed by atoms with Crippen molar-refractivity contribution in [2.75, 3.05) is 19.6 Å². The van der Waals surface area contributed by atoms with E-state index in [0.29, 0.717) is 18.7 Å². The van der Waals surface area contributed by atoms with Gasteiger partial charge in [0.2, 0.25) is 0 Å². The highest BCUT2D eigenvalue weighted by atomic mass is 35.5. The third-order valence-corrected chi connectivity index (χ3v) is 3.66. The number of hydrogen-bond acceptors (Lipinski definition) is 3. The molecule has 2 heterocycles. The van der Waals surface area contributed by atoms with Crippen molar-refractivity contribution in [2.24, 2.45) is 0 Å². The Hall–Kier alpha value is -1.69. The Morgan fingerprint density at radius 3 is 2.65 bits per heavy atom. The molecule has 4 nitrogen and oxygen atoms in total. The van der Waals surface area contributed by atoms with E-state index < -0.39 is 0 Å². The van der Waals surface area contributed by atoms with Crippen LogP contribution in [0.2, 0.25) is 0 Å². The molecule has 1 N–H and O–H groups in total. The molecule has 2 aromatic rings. The van der Waals surface area contributed by atoms with Crippen molar-refractivity contribution in [2.45, 2.75) is 6.04 Å². The molecule has 1 fully saturated rings. The summed E-state index contributed by atoms with van der Waals surface area (Å²) in [6, 6.07) is 9.68. The number of amides is 1. The first-order valence-electron chi connectivity index (χ1n) is 6.93. The smallest absolute Gasteiger partial charge is 0.254 e. The van der Waals surface area contributed by atoms with Gasteiger partial charge in [0.15, 0.2) is 0 Å². The standard InChI is InChI=1S/C16H16FN3O.2ClH/c17-14-3-1-2-13(10-14)15-11-19-8-9-20(15)16(21)12-4-6-18-7-5-12;;/h1-7,10,15,19H,8-9,11H2;2*1H. The summed E-state index contributed by atoms with van der Waals surface area (Å²) >= 11 is 0. The van der Waals surface area contributed by atoms with Gasteiger partial charge in [-0.1, -0.05) is 12.1 Å². The molecule has 1 aromatic heterocycles. The second-order valence-corrected chi connectivity index (χ2v) is 5.01. The van der Waals surface area contributed by atoms with Crippen molar-refractivity contribution in [1.29, 1.82) is 0 Å². The monoisotopic (exact) mass is 357 g/mol. The summed E-state index contributed by atoms with van der Waals surface area (Å²) in [5, 5.41) is 3.26. The number of pyridine rings is 1. The minimum absolute atomic E-state index is 0. The lowest BCUT2D eigenvalue weighted by atomic mass is 10.0. The molecule has 0 saturated carbocycles. The lowest BCUT2D eigenvalue weighted by molar-refractivity contribution is 0.0634. The first kappa shape index (κ1) is 19.4. The fourth-order valence-electron chi connectivity index (χ4n) is 2.62. The first-order chi connectivity index (χ1) is 10.3. The van der Waals surface area contributed by atoms with E-state index in [1.54, 1.807) is 35.5 Å². The Morgan fingerprint density at radius 1 is 1.22 bits per heavy atom. The van der Waals surface area contributed by atoms with Gasteiger partial charge < -0.3 is 10.2 Å². The Labute approximate surface area is 146 Å². The number of nitrogens with one attached hydrogen (secondary N) is 1. The molecule has 23 heavy (non-hydrogen) atoms. The van der Waals surface area contributed by atoms with E-state index in [9.17, 15) is 9.18 Å². The highest BCUT2D eigenvalue weighted by Crippen LogP contribution is 2.24. The van der Waals surface area contributed by atoms with Crippen molar-refractivity contribution in [1.82, 2.24) is 15.2 Å². The van der Waals surface area contributed by atoms with Gasteiger partial charge in [-0.2, -0.15) is 0 Å². The number of aromatic nitrogens is 1. The molecule has 1 amide bonds. The molecule has 1 aromatic carbocycles. The number of carbonyl (C=O) groups excluding carboxylic acids is 1. The van der Waals surface area contributed by atoms with Crippen LogP contribution in [0, 0.1) is 5.82 Å². The van der Waals surface area contributed by atoms with Crippen molar-refractivity contribution in [3.05, 3.63) is 65.7 Å². The first-order valence-corrected chi connectivity index (χ1v) is 6.93. The molecule has 1 saturated heterocycles. The molecule has 1 atom stereocenters. The quantitative estimate of drug-likeness (QED) is 0.898. The summed E-state index contributed by atoms with van der Waals surface area (Å²) < 4.78 is 13.4. The van der Waals surface area contributed by atoms with Crippen molar-refractivity contribution >= 4 is 30.7 Å². The Morgan fingerprint density at radius 2 is 1.96 bits per heavy atom. The Kier molecular flexibility index (Phi) is 7.42. The van der Waals surface area contributed by atoms with E-state index in [1.807, 2.05) is 6.07 Å². The average molecular weight is 358 g/mol. The summed E-state index contributed by atoms with van der Waals surface area (Å²) in [5.74, 6) is -0.331. The van der Waals surface area contributed by atoms with Crippen LogP contribution in [0.1, 0.15) is 22.0 Å². The van der Waals surface area contributed by atoms with Crippen LogP contribution in [0.4, 0.5) is 4.39 Å². The van der Waals surface area contributed by atoms with Gasteiger partial charge in [-0.3, -0.25) is 9.78 Å². The van der Waals surface area contributed by atoms with Gasteiger partial charge in [-0.15, -0.1) is 24.8 Å². The molecule has 1 aliphatic heterocycles. The summed E-state index contributed by atoms with van der Waals surface area (Å²) in [6.07, 6.45) is 3.21. The van der Waals surface area contributed by atoms with E-state index in [0.717, 1.165) is 12.1 Å². The third kappa shape index (κ3) is 4.41. The second-order valence-electron chi connectivity index (χ2n) is 5.01. The van der Waals surface area contributed by atoms with E-state index in [4.69, 9.17) is 0 Å². The molecule has 3 rings (SSSR count). The fourth-order valence-corrected chi connectivity index (χ4v) is 2.62. The lowest BCUT2D eigenvalue weighted by Crippen LogP contribution is -2.48. The van der Waals surface area contributed by atoms with Gasteiger partial charge in [0.25, 0.3) is 5.91 Å². The molecule has 0 radical (unpaired) electrons. The van der Waals surface area contributed by atoms with E-state index in [1.165, 1.54) is 12.1 Å². The molecule has 0 aliphatic carbocycles. The van der Waals surface area contributed by atoms with Crippen LogP contribution in [0.3, 0.4) is 0 Å². The van der Waals surface area contributed by atoms with Gasteiger partial charge in [-0.05, 0) is 29.8 Å². The van der Waals surface area contributed by atoms with E-state index in [-0.39, 0.29) is 42.6 Å². The molecule has 124 valence electrons. The third-order valence-electron chi connectivity index (χ3n) is 3.66. The maximum absolute atomic E-state index is 13.4. The highest BCUT2D eigenvalue weighted by molar-refractivity contribution is 5.94. The largest absolute Gasteiger partial charge is 0.329 e. The average Bonchev–Trinajstić information content (AvgIpc) is 2.55. The van der Waals surface area contributed by atoms with Crippen LogP contribution in [0.25, 0.3) is 0 Å². The number of rotatable bonds is 2. The summed E-state index contributed by atoms with van der Waals surface area (Å²) in [4.78, 5) is 18.4. The van der Waals surface area contributed by atoms with E-state index >= 15 is 0 Å². The second kappa shape index (κ2) is 8.82. The minimum Gasteiger partial charge on any atom is -0.329 e. The van der Waals surface area contributed by atoms with Crippen molar-refractivity contribution < 1.29 is 9.18 Å². The van der Waals surface area contributed by atoms with Crippen LogP contribution in [0.5, 0.6) is 0 Å². The van der Waals surface area contributed by atoms with Crippen LogP contribution in [-0.4, -0.2) is 35.4 Å². The highest BCUT2D eigenvalue weighted by Gasteiger charge is 2.28. The Balaban J connectivity index is 0.00000132. The molecule has 0 spiro atoms. The zero-order valence-electron chi connectivity index (χ0n) is 12.3. The molecule has 7 heteroatoms. The van der Waals surface area contributed by atoms with Crippen molar-refractivity contribution in [3.63, 3.8) is 0 Å². The van der Waals surface area contributed by atoms with Crippen LogP contribution in [-0.2, 0) is 0 Å².